The highest BCUT2D eigenvalue weighted by Crippen LogP contribution is 2.21. The Hall–Kier alpha value is -1.35. The summed E-state index contributed by atoms with van der Waals surface area (Å²) in [6, 6.07) is 4.61. The number of carbonyl (C=O) groups is 1. The quantitative estimate of drug-likeness (QED) is 0.838. The Labute approximate surface area is 123 Å². The Kier molecular flexibility index (Phi) is 6.21. The predicted octanol–water partition coefficient (Wildman–Crippen LogP) is 3.03. The van der Waals surface area contributed by atoms with Crippen LogP contribution in [0.5, 0.6) is 0 Å². The van der Waals surface area contributed by atoms with E-state index in [0.717, 1.165) is 6.54 Å². The maximum Gasteiger partial charge on any atom is 0.233 e. The zero-order valence-corrected chi connectivity index (χ0v) is 13.6. The van der Waals surface area contributed by atoms with Crippen LogP contribution in [0.3, 0.4) is 0 Å². The summed E-state index contributed by atoms with van der Waals surface area (Å²) < 4.78 is 0. The fourth-order valence-electron chi connectivity index (χ4n) is 2.19. The van der Waals surface area contributed by atoms with Gasteiger partial charge in [-0.1, -0.05) is 26.0 Å². The number of rotatable bonds is 6. The summed E-state index contributed by atoms with van der Waals surface area (Å²) in [4.78, 5) is 11.7. The van der Waals surface area contributed by atoms with Crippen molar-refractivity contribution in [2.24, 2.45) is 5.92 Å². The molecule has 1 unspecified atom stereocenters. The lowest BCUT2D eigenvalue weighted by Crippen LogP contribution is -2.36. The van der Waals surface area contributed by atoms with E-state index in [4.69, 9.17) is 0 Å². The van der Waals surface area contributed by atoms with Crippen LogP contribution in [-0.2, 0) is 4.79 Å². The van der Waals surface area contributed by atoms with Gasteiger partial charge in [-0.2, -0.15) is 0 Å². The van der Waals surface area contributed by atoms with Gasteiger partial charge in [-0.15, -0.1) is 0 Å². The molecule has 0 aliphatic heterocycles. The van der Waals surface area contributed by atoms with Crippen molar-refractivity contribution in [2.75, 3.05) is 13.1 Å². The van der Waals surface area contributed by atoms with Crippen LogP contribution in [0.25, 0.3) is 0 Å². The van der Waals surface area contributed by atoms with Gasteiger partial charge >= 0.3 is 0 Å². The van der Waals surface area contributed by atoms with E-state index in [1.54, 1.807) is 0 Å². The molecule has 3 nitrogen and oxygen atoms in total. The molecule has 1 aromatic carbocycles. The highest BCUT2D eigenvalue weighted by atomic mass is 16.1. The first-order valence-electron chi connectivity index (χ1n) is 7.39. The van der Waals surface area contributed by atoms with Crippen molar-refractivity contribution in [1.29, 1.82) is 0 Å². The maximum absolute atomic E-state index is 11.7. The monoisotopic (exact) mass is 276 g/mol. The van der Waals surface area contributed by atoms with Gasteiger partial charge in [0.2, 0.25) is 5.91 Å². The smallest absolute Gasteiger partial charge is 0.233 e. The van der Waals surface area contributed by atoms with Gasteiger partial charge < -0.3 is 10.6 Å². The van der Waals surface area contributed by atoms with Crippen molar-refractivity contribution >= 4 is 5.91 Å². The summed E-state index contributed by atoms with van der Waals surface area (Å²) >= 11 is 0. The molecular formula is C17H28N2O. The van der Waals surface area contributed by atoms with E-state index >= 15 is 0 Å². The molecule has 1 amide bonds. The van der Waals surface area contributed by atoms with Crippen molar-refractivity contribution in [2.45, 2.75) is 47.6 Å². The fourth-order valence-corrected chi connectivity index (χ4v) is 2.19. The Balaban J connectivity index is 2.57. The van der Waals surface area contributed by atoms with E-state index < -0.39 is 0 Å². The summed E-state index contributed by atoms with van der Waals surface area (Å²) in [5.41, 5.74) is 5.15. The maximum atomic E-state index is 11.7. The fraction of sp³-hybridized carbons (Fsp3) is 0.588. The first kappa shape index (κ1) is 16.7. The summed E-state index contributed by atoms with van der Waals surface area (Å²) in [7, 11) is 0. The number of carbonyl (C=O) groups excluding carboxylic acids is 1. The molecule has 0 aliphatic rings. The molecule has 0 bridgehead atoms. The predicted molar refractivity (Wildman–Crippen MR) is 84.9 cm³/mol. The van der Waals surface area contributed by atoms with Gasteiger partial charge in [-0.3, -0.25) is 4.79 Å². The van der Waals surface area contributed by atoms with E-state index in [-0.39, 0.29) is 11.9 Å². The molecule has 1 aromatic rings. The highest BCUT2D eigenvalue weighted by molar-refractivity contribution is 5.78. The highest BCUT2D eigenvalue weighted by Gasteiger charge is 2.11. The van der Waals surface area contributed by atoms with Crippen LogP contribution >= 0.6 is 0 Å². The molecule has 112 valence electrons. The second-order valence-corrected chi connectivity index (χ2v) is 6.09. The lowest BCUT2D eigenvalue weighted by Gasteiger charge is -2.18. The molecular weight excluding hydrogens is 248 g/mol. The normalized spacial score (nSPS) is 12.6. The molecule has 0 spiro atoms. The molecule has 20 heavy (non-hydrogen) atoms. The van der Waals surface area contributed by atoms with Crippen molar-refractivity contribution < 1.29 is 4.79 Å². The van der Waals surface area contributed by atoms with E-state index in [1.807, 2.05) is 0 Å². The number of nitrogens with one attached hydrogen (secondary N) is 2. The van der Waals surface area contributed by atoms with Crippen LogP contribution < -0.4 is 10.6 Å². The Morgan fingerprint density at radius 1 is 1.05 bits per heavy atom. The first-order chi connectivity index (χ1) is 9.31. The second kappa shape index (κ2) is 7.44. The van der Waals surface area contributed by atoms with Gasteiger partial charge in [0.15, 0.2) is 0 Å². The number of hydrogen-bond donors (Lipinski definition) is 2. The van der Waals surface area contributed by atoms with Gasteiger partial charge in [0, 0.05) is 12.6 Å². The van der Waals surface area contributed by atoms with Gasteiger partial charge in [0.1, 0.15) is 0 Å². The molecule has 3 heteroatoms. The lowest BCUT2D eigenvalue weighted by atomic mass is 9.96. The summed E-state index contributed by atoms with van der Waals surface area (Å²) in [5.74, 6) is 0.547. The van der Waals surface area contributed by atoms with E-state index in [1.165, 1.54) is 22.3 Å². The Morgan fingerprint density at radius 2 is 1.65 bits per heavy atom. The van der Waals surface area contributed by atoms with E-state index in [0.29, 0.717) is 12.5 Å². The molecule has 0 heterocycles. The topological polar surface area (TPSA) is 41.1 Å². The lowest BCUT2D eigenvalue weighted by molar-refractivity contribution is -0.120. The van der Waals surface area contributed by atoms with Gasteiger partial charge in [0.05, 0.1) is 6.54 Å². The zero-order chi connectivity index (χ0) is 15.3. The summed E-state index contributed by atoms with van der Waals surface area (Å²) in [5, 5.41) is 6.22. The summed E-state index contributed by atoms with van der Waals surface area (Å²) in [6.07, 6.45) is 0. The number of hydrogen-bond acceptors (Lipinski definition) is 2. The van der Waals surface area contributed by atoms with Crippen LogP contribution in [0.4, 0.5) is 0 Å². The molecule has 0 aromatic heterocycles. The SMILES string of the molecule is Cc1cc(C)c(C(C)NCC(=O)NCC(C)C)cc1C. The third kappa shape index (κ3) is 4.97. The Bertz CT molecular complexity index is 466. The largest absolute Gasteiger partial charge is 0.355 e. The van der Waals surface area contributed by atoms with Crippen LogP contribution in [-0.4, -0.2) is 19.0 Å². The molecule has 0 saturated carbocycles. The van der Waals surface area contributed by atoms with Gasteiger partial charge in [-0.05, 0) is 55.9 Å². The van der Waals surface area contributed by atoms with Crippen LogP contribution in [0.15, 0.2) is 12.1 Å². The Morgan fingerprint density at radius 3 is 2.25 bits per heavy atom. The van der Waals surface area contributed by atoms with E-state index in [9.17, 15) is 4.79 Å². The average molecular weight is 276 g/mol. The molecule has 0 radical (unpaired) electrons. The molecule has 1 rings (SSSR count). The number of aryl methyl sites for hydroxylation is 3. The summed E-state index contributed by atoms with van der Waals surface area (Å²) in [6.45, 7) is 13.8. The van der Waals surface area contributed by atoms with Crippen molar-refractivity contribution in [3.63, 3.8) is 0 Å². The molecule has 0 fully saturated rings. The first-order valence-corrected chi connectivity index (χ1v) is 7.39. The van der Waals surface area contributed by atoms with Crippen LogP contribution in [0.2, 0.25) is 0 Å². The van der Waals surface area contributed by atoms with Crippen LogP contribution in [0, 0.1) is 26.7 Å². The minimum Gasteiger partial charge on any atom is -0.355 e. The third-order valence-electron chi connectivity index (χ3n) is 3.63. The van der Waals surface area contributed by atoms with Gasteiger partial charge in [0.25, 0.3) is 0 Å². The average Bonchev–Trinajstić information content (AvgIpc) is 2.37. The molecule has 1 atom stereocenters. The zero-order valence-electron chi connectivity index (χ0n) is 13.6. The van der Waals surface area contributed by atoms with Crippen molar-refractivity contribution in [3.8, 4) is 0 Å². The minimum absolute atomic E-state index is 0.0621. The molecule has 0 saturated heterocycles. The molecule has 2 N–H and O–H groups in total. The number of benzene rings is 1. The van der Waals surface area contributed by atoms with Gasteiger partial charge in [-0.25, -0.2) is 0 Å². The minimum atomic E-state index is 0.0621. The second-order valence-electron chi connectivity index (χ2n) is 6.09. The number of amides is 1. The van der Waals surface area contributed by atoms with Crippen LogP contribution in [0.1, 0.15) is 49.1 Å². The van der Waals surface area contributed by atoms with Crippen molar-refractivity contribution in [3.05, 3.63) is 34.4 Å². The van der Waals surface area contributed by atoms with E-state index in [2.05, 4.69) is 64.3 Å². The third-order valence-corrected chi connectivity index (χ3v) is 3.63. The standard InChI is InChI=1S/C17H28N2O/c1-11(2)9-19-17(20)10-18-15(6)16-8-13(4)12(3)7-14(16)5/h7-8,11,15,18H,9-10H2,1-6H3,(H,19,20). The van der Waals surface area contributed by atoms with Crippen molar-refractivity contribution in [1.82, 2.24) is 10.6 Å². The molecule has 0 aliphatic carbocycles.